The molecule has 0 atom stereocenters. The van der Waals surface area contributed by atoms with E-state index in [2.05, 4.69) is 11.1 Å². The Labute approximate surface area is 80.4 Å². The molecule has 2 rings (SSSR count). The highest BCUT2D eigenvalue weighted by atomic mass is 35.5. The summed E-state index contributed by atoms with van der Waals surface area (Å²) >= 11 is 5.95. The van der Waals surface area contributed by atoms with Gasteiger partial charge in [0, 0.05) is 11.6 Å². The largest absolute Gasteiger partial charge is 0.256 e. The second kappa shape index (κ2) is 3.04. The van der Waals surface area contributed by atoms with Crippen molar-refractivity contribution in [2.45, 2.75) is 0 Å². The lowest BCUT2D eigenvalue weighted by Gasteiger charge is -1.99. The molecule has 62 valence electrons. The van der Waals surface area contributed by atoms with Gasteiger partial charge in [-0.2, -0.15) is 5.26 Å². The van der Waals surface area contributed by atoms with E-state index >= 15 is 0 Å². The first kappa shape index (κ1) is 8.03. The summed E-state index contributed by atoms with van der Waals surface area (Å²) in [5, 5.41) is 10.1. The molecule has 0 saturated carbocycles. The Morgan fingerprint density at radius 2 is 2.15 bits per heavy atom. The third-order valence-corrected chi connectivity index (χ3v) is 2.15. The number of hydrogen-bond donors (Lipinski definition) is 0. The highest BCUT2D eigenvalue weighted by Crippen LogP contribution is 2.24. The van der Waals surface area contributed by atoms with Crippen LogP contribution in [0.15, 0.2) is 30.5 Å². The number of hydrogen-bond acceptors (Lipinski definition) is 2. The maximum absolute atomic E-state index is 8.82. The molecule has 2 nitrogen and oxygen atoms in total. The van der Waals surface area contributed by atoms with Gasteiger partial charge >= 0.3 is 0 Å². The molecule has 0 aliphatic carbocycles. The van der Waals surface area contributed by atoms with Gasteiger partial charge in [-0.25, -0.2) is 0 Å². The van der Waals surface area contributed by atoms with Crippen LogP contribution in [0.5, 0.6) is 0 Å². The van der Waals surface area contributed by atoms with Crippen molar-refractivity contribution in [3.63, 3.8) is 0 Å². The average Bonchev–Trinajstić information content (AvgIpc) is 2.17. The van der Waals surface area contributed by atoms with Crippen LogP contribution in [0, 0.1) is 11.3 Å². The van der Waals surface area contributed by atoms with Gasteiger partial charge in [-0.15, -0.1) is 0 Å². The zero-order chi connectivity index (χ0) is 9.26. The van der Waals surface area contributed by atoms with Crippen molar-refractivity contribution in [1.29, 1.82) is 5.26 Å². The molecule has 0 N–H and O–H groups in total. The van der Waals surface area contributed by atoms with Gasteiger partial charge in [0.05, 0.1) is 22.2 Å². The maximum atomic E-state index is 8.82. The van der Waals surface area contributed by atoms with Crippen LogP contribution in [0.25, 0.3) is 10.9 Å². The molecular formula is C10H5ClN2. The Morgan fingerprint density at radius 3 is 2.92 bits per heavy atom. The summed E-state index contributed by atoms with van der Waals surface area (Å²) in [5.41, 5.74) is 1.32. The highest BCUT2D eigenvalue weighted by molar-refractivity contribution is 6.35. The number of halogens is 1. The van der Waals surface area contributed by atoms with Crippen molar-refractivity contribution >= 4 is 22.5 Å². The van der Waals surface area contributed by atoms with Gasteiger partial charge in [0.1, 0.15) is 0 Å². The Morgan fingerprint density at radius 1 is 1.31 bits per heavy atom. The minimum atomic E-state index is 0.565. The van der Waals surface area contributed by atoms with E-state index in [9.17, 15) is 0 Å². The second-order valence-corrected chi connectivity index (χ2v) is 3.01. The van der Waals surface area contributed by atoms with Gasteiger partial charge in [0.15, 0.2) is 0 Å². The first-order valence-corrected chi connectivity index (χ1v) is 4.14. The Kier molecular flexibility index (Phi) is 1.88. The Hall–Kier alpha value is -1.59. The number of pyridine rings is 1. The van der Waals surface area contributed by atoms with Crippen LogP contribution in [0.2, 0.25) is 5.02 Å². The molecule has 1 aromatic heterocycles. The molecule has 2 aromatic rings. The van der Waals surface area contributed by atoms with E-state index in [1.54, 1.807) is 18.3 Å². The van der Waals surface area contributed by atoms with Gasteiger partial charge in [-0.05, 0) is 18.2 Å². The highest BCUT2D eigenvalue weighted by Gasteiger charge is 2.03. The van der Waals surface area contributed by atoms with E-state index in [4.69, 9.17) is 16.9 Å². The van der Waals surface area contributed by atoms with Crippen LogP contribution in [-0.4, -0.2) is 4.98 Å². The molecule has 1 aromatic carbocycles. The molecule has 0 saturated heterocycles. The zero-order valence-electron chi connectivity index (χ0n) is 6.66. The lowest BCUT2D eigenvalue weighted by molar-refractivity contribution is 1.39. The third kappa shape index (κ3) is 1.24. The van der Waals surface area contributed by atoms with Crippen molar-refractivity contribution in [2.24, 2.45) is 0 Å². The van der Waals surface area contributed by atoms with E-state index < -0.39 is 0 Å². The van der Waals surface area contributed by atoms with Crippen molar-refractivity contribution in [2.75, 3.05) is 0 Å². The standard InChI is InChI=1S/C10H5ClN2/c11-8-2-1-3-9-10(8)7(6-12)4-5-13-9/h1-5H. The Balaban J connectivity index is 2.97. The summed E-state index contributed by atoms with van der Waals surface area (Å²) in [6.45, 7) is 0. The molecule has 13 heavy (non-hydrogen) atoms. The number of benzene rings is 1. The molecule has 0 spiro atoms. The van der Waals surface area contributed by atoms with Gasteiger partial charge in [0.25, 0.3) is 0 Å². The molecular weight excluding hydrogens is 184 g/mol. The summed E-state index contributed by atoms with van der Waals surface area (Å²) in [7, 11) is 0. The predicted molar refractivity (Wildman–Crippen MR) is 51.5 cm³/mol. The van der Waals surface area contributed by atoms with E-state index in [0.717, 1.165) is 10.9 Å². The molecule has 3 heteroatoms. The van der Waals surface area contributed by atoms with Crippen molar-refractivity contribution in [3.8, 4) is 6.07 Å². The second-order valence-electron chi connectivity index (χ2n) is 2.60. The minimum absolute atomic E-state index is 0.565. The van der Waals surface area contributed by atoms with Crippen LogP contribution in [-0.2, 0) is 0 Å². The number of nitrogens with zero attached hydrogens (tertiary/aromatic N) is 2. The monoisotopic (exact) mass is 188 g/mol. The Bertz CT molecular complexity index is 494. The fourth-order valence-electron chi connectivity index (χ4n) is 1.26. The summed E-state index contributed by atoms with van der Waals surface area (Å²) in [6.07, 6.45) is 1.61. The number of rotatable bonds is 0. The van der Waals surface area contributed by atoms with E-state index in [-0.39, 0.29) is 0 Å². The molecule has 0 fully saturated rings. The first-order valence-electron chi connectivity index (χ1n) is 3.76. The van der Waals surface area contributed by atoms with Crippen LogP contribution in [0.3, 0.4) is 0 Å². The first-order chi connectivity index (χ1) is 6.33. The quantitative estimate of drug-likeness (QED) is 0.638. The number of aromatic nitrogens is 1. The van der Waals surface area contributed by atoms with Crippen molar-refractivity contribution in [3.05, 3.63) is 41.0 Å². The van der Waals surface area contributed by atoms with Gasteiger partial charge < -0.3 is 0 Å². The third-order valence-electron chi connectivity index (χ3n) is 1.84. The summed E-state index contributed by atoms with van der Waals surface area (Å²) < 4.78 is 0. The van der Waals surface area contributed by atoms with Crippen LogP contribution >= 0.6 is 11.6 Å². The van der Waals surface area contributed by atoms with E-state index in [0.29, 0.717) is 10.6 Å². The molecule has 0 aliphatic heterocycles. The molecule has 0 radical (unpaired) electrons. The lowest BCUT2D eigenvalue weighted by atomic mass is 10.1. The van der Waals surface area contributed by atoms with Gasteiger partial charge in [-0.1, -0.05) is 17.7 Å². The van der Waals surface area contributed by atoms with Crippen LogP contribution in [0.1, 0.15) is 5.56 Å². The summed E-state index contributed by atoms with van der Waals surface area (Å²) in [5.74, 6) is 0. The van der Waals surface area contributed by atoms with E-state index in [1.807, 2.05) is 12.1 Å². The molecule has 0 bridgehead atoms. The van der Waals surface area contributed by atoms with Crippen LogP contribution in [0.4, 0.5) is 0 Å². The van der Waals surface area contributed by atoms with Gasteiger partial charge in [0.2, 0.25) is 0 Å². The topological polar surface area (TPSA) is 36.7 Å². The van der Waals surface area contributed by atoms with Crippen molar-refractivity contribution < 1.29 is 0 Å². The zero-order valence-corrected chi connectivity index (χ0v) is 7.42. The normalized spacial score (nSPS) is 9.85. The molecule has 0 amide bonds. The summed E-state index contributed by atoms with van der Waals surface area (Å²) in [6, 6.07) is 9.16. The minimum Gasteiger partial charge on any atom is -0.256 e. The molecule has 0 aliphatic rings. The SMILES string of the molecule is N#Cc1ccnc2cccc(Cl)c12. The number of nitriles is 1. The van der Waals surface area contributed by atoms with Crippen molar-refractivity contribution in [1.82, 2.24) is 4.98 Å². The molecule has 1 heterocycles. The molecule has 0 unspecified atom stereocenters. The average molecular weight is 189 g/mol. The number of fused-ring (bicyclic) bond motifs is 1. The van der Waals surface area contributed by atoms with E-state index in [1.165, 1.54) is 0 Å². The lowest BCUT2D eigenvalue weighted by Crippen LogP contribution is -1.83. The van der Waals surface area contributed by atoms with Crippen LogP contribution < -0.4 is 0 Å². The summed E-state index contributed by atoms with van der Waals surface area (Å²) in [4.78, 5) is 4.12. The predicted octanol–water partition coefficient (Wildman–Crippen LogP) is 2.76. The fraction of sp³-hybridized carbons (Fsp3) is 0. The maximum Gasteiger partial charge on any atom is 0.0999 e. The fourth-order valence-corrected chi connectivity index (χ4v) is 1.53. The smallest absolute Gasteiger partial charge is 0.0999 e. The van der Waals surface area contributed by atoms with Gasteiger partial charge in [-0.3, -0.25) is 4.98 Å².